The van der Waals surface area contributed by atoms with Gasteiger partial charge in [-0.2, -0.15) is 4.98 Å². The maximum atomic E-state index is 12.2. The van der Waals surface area contributed by atoms with E-state index < -0.39 is 10.0 Å². The van der Waals surface area contributed by atoms with Crippen molar-refractivity contribution in [2.24, 2.45) is 0 Å². The van der Waals surface area contributed by atoms with Crippen LogP contribution >= 0.6 is 0 Å². The van der Waals surface area contributed by atoms with Crippen LogP contribution in [0.1, 0.15) is 24.6 Å². The lowest BCUT2D eigenvalue weighted by molar-refractivity contribution is -0.115. The van der Waals surface area contributed by atoms with Gasteiger partial charge in [0.25, 0.3) is 0 Å². The van der Waals surface area contributed by atoms with Crippen LogP contribution in [0.25, 0.3) is 0 Å². The zero-order valence-electron chi connectivity index (χ0n) is 13.2. The number of hydrogen-bond donors (Lipinski definition) is 1. The molecule has 24 heavy (non-hydrogen) atoms. The number of aromatic nitrogens is 2. The molecule has 0 atom stereocenters. The van der Waals surface area contributed by atoms with E-state index in [2.05, 4.69) is 15.5 Å². The second kappa shape index (κ2) is 6.60. The van der Waals surface area contributed by atoms with Crippen molar-refractivity contribution >= 4 is 27.3 Å². The third kappa shape index (κ3) is 3.73. The number of aryl methyl sites for hydroxylation is 1. The number of rotatable bonds is 4. The zero-order chi connectivity index (χ0) is 17.2. The Labute approximate surface area is 139 Å². The van der Waals surface area contributed by atoms with E-state index in [9.17, 15) is 13.2 Å². The van der Waals surface area contributed by atoms with Gasteiger partial charge in [0, 0.05) is 19.2 Å². The van der Waals surface area contributed by atoms with E-state index in [0.29, 0.717) is 36.1 Å². The standard InChI is InChI=1S/C15H18N4O4S/c1-11-16-14(18-23-11)10-15(20)17-12-5-4-6-13(9-12)19-7-2-3-8-24(19,21)22/h4-6,9H,2-3,7-8,10H2,1H3,(H,17,20). The topological polar surface area (TPSA) is 105 Å². The SMILES string of the molecule is Cc1nc(CC(=O)Nc2cccc(N3CCCCS3(=O)=O)c2)no1. The minimum Gasteiger partial charge on any atom is -0.340 e. The molecule has 1 saturated heterocycles. The van der Waals surface area contributed by atoms with E-state index in [-0.39, 0.29) is 18.1 Å². The fraction of sp³-hybridized carbons (Fsp3) is 0.400. The smallest absolute Gasteiger partial charge is 0.235 e. The molecule has 2 aromatic rings. The Morgan fingerprint density at radius 2 is 2.21 bits per heavy atom. The van der Waals surface area contributed by atoms with Gasteiger partial charge >= 0.3 is 0 Å². The molecule has 0 radical (unpaired) electrons. The van der Waals surface area contributed by atoms with Crippen molar-refractivity contribution in [3.8, 4) is 0 Å². The summed E-state index contributed by atoms with van der Waals surface area (Å²) in [5, 5.41) is 6.40. The van der Waals surface area contributed by atoms with Crippen LogP contribution in [0.2, 0.25) is 0 Å². The first-order valence-corrected chi connectivity index (χ1v) is 9.24. The van der Waals surface area contributed by atoms with Gasteiger partial charge in [-0.3, -0.25) is 9.10 Å². The minimum absolute atomic E-state index is 0.0103. The summed E-state index contributed by atoms with van der Waals surface area (Å²) in [5.74, 6) is 0.560. The van der Waals surface area contributed by atoms with Gasteiger partial charge < -0.3 is 9.84 Å². The molecule has 1 aliphatic rings. The van der Waals surface area contributed by atoms with Crippen LogP contribution < -0.4 is 9.62 Å². The molecule has 0 aliphatic carbocycles. The summed E-state index contributed by atoms with van der Waals surface area (Å²) in [4.78, 5) is 16.0. The molecule has 1 fully saturated rings. The molecule has 9 heteroatoms. The van der Waals surface area contributed by atoms with Crippen molar-refractivity contribution < 1.29 is 17.7 Å². The van der Waals surface area contributed by atoms with Gasteiger partial charge in [0.05, 0.1) is 17.9 Å². The lowest BCUT2D eigenvalue weighted by atomic mass is 10.2. The molecule has 1 N–H and O–H groups in total. The summed E-state index contributed by atoms with van der Waals surface area (Å²) in [5.41, 5.74) is 1.08. The van der Waals surface area contributed by atoms with Crippen LogP contribution in [0, 0.1) is 6.92 Å². The second-order valence-corrected chi connectivity index (χ2v) is 7.61. The number of amides is 1. The number of anilines is 2. The van der Waals surface area contributed by atoms with Crippen molar-refractivity contribution in [2.75, 3.05) is 21.9 Å². The van der Waals surface area contributed by atoms with Crippen LogP contribution in [0.5, 0.6) is 0 Å². The zero-order valence-corrected chi connectivity index (χ0v) is 14.0. The quantitative estimate of drug-likeness (QED) is 0.895. The largest absolute Gasteiger partial charge is 0.340 e. The van der Waals surface area contributed by atoms with Crippen molar-refractivity contribution in [3.05, 3.63) is 36.0 Å². The van der Waals surface area contributed by atoms with Crippen LogP contribution in [0.15, 0.2) is 28.8 Å². The second-order valence-electron chi connectivity index (χ2n) is 5.60. The molecule has 1 aromatic carbocycles. The van der Waals surface area contributed by atoms with E-state index in [4.69, 9.17) is 4.52 Å². The predicted octanol–water partition coefficient (Wildman–Crippen LogP) is 1.49. The maximum Gasteiger partial charge on any atom is 0.235 e. The van der Waals surface area contributed by atoms with Crippen LogP contribution in [-0.2, 0) is 21.2 Å². The normalized spacial score (nSPS) is 16.8. The average Bonchev–Trinajstić information content (AvgIpc) is 2.92. The van der Waals surface area contributed by atoms with E-state index in [0.717, 1.165) is 6.42 Å². The fourth-order valence-corrected chi connectivity index (χ4v) is 4.21. The minimum atomic E-state index is -3.28. The first-order valence-electron chi connectivity index (χ1n) is 7.63. The number of nitrogens with zero attached hydrogens (tertiary/aromatic N) is 3. The van der Waals surface area contributed by atoms with Crippen molar-refractivity contribution in [1.82, 2.24) is 10.1 Å². The molecule has 0 saturated carbocycles. The van der Waals surface area contributed by atoms with Gasteiger partial charge in [-0.1, -0.05) is 11.2 Å². The number of nitrogens with one attached hydrogen (secondary N) is 1. The number of carbonyl (C=O) groups excluding carboxylic acids is 1. The molecule has 2 heterocycles. The van der Waals surface area contributed by atoms with E-state index in [1.165, 1.54) is 4.31 Å². The average molecular weight is 350 g/mol. The Kier molecular flexibility index (Phi) is 4.52. The highest BCUT2D eigenvalue weighted by Crippen LogP contribution is 2.26. The molecule has 128 valence electrons. The summed E-state index contributed by atoms with van der Waals surface area (Å²) in [6.45, 7) is 2.11. The molecule has 0 bridgehead atoms. The Bertz CT molecular complexity index is 847. The maximum absolute atomic E-state index is 12.2. The highest BCUT2D eigenvalue weighted by molar-refractivity contribution is 7.92. The lowest BCUT2D eigenvalue weighted by Gasteiger charge is -2.28. The Morgan fingerprint density at radius 3 is 2.92 bits per heavy atom. The first kappa shape index (κ1) is 16.4. The van der Waals surface area contributed by atoms with Crippen LogP contribution in [-0.4, -0.2) is 36.8 Å². The number of sulfonamides is 1. The highest BCUT2D eigenvalue weighted by atomic mass is 32.2. The Hall–Kier alpha value is -2.42. The van der Waals surface area contributed by atoms with E-state index in [1.807, 2.05) is 0 Å². The van der Waals surface area contributed by atoms with Crippen molar-refractivity contribution in [1.29, 1.82) is 0 Å². The molecule has 1 aliphatic heterocycles. The Morgan fingerprint density at radius 1 is 1.38 bits per heavy atom. The Balaban J connectivity index is 1.72. The van der Waals surface area contributed by atoms with Gasteiger partial charge in [0.1, 0.15) is 0 Å². The summed E-state index contributed by atoms with van der Waals surface area (Å²) in [6.07, 6.45) is 1.50. The number of carbonyl (C=O) groups is 1. The lowest BCUT2D eigenvalue weighted by Crippen LogP contribution is -2.37. The number of benzene rings is 1. The molecule has 1 amide bonds. The summed E-state index contributed by atoms with van der Waals surface area (Å²) < 4.78 is 30.6. The van der Waals surface area contributed by atoms with Gasteiger partial charge in [-0.05, 0) is 31.0 Å². The molecule has 1 aromatic heterocycles. The van der Waals surface area contributed by atoms with Gasteiger partial charge in [0.15, 0.2) is 5.82 Å². The van der Waals surface area contributed by atoms with Crippen molar-refractivity contribution in [2.45, 2.75) is 26.2 Å². The monoisotopic (exact) mass is 350 g/mol. The predicted molar refractivity (Wildman–Crippen MR) is 88.2 cm³/mol. The summed E-state index contributed by atoms with van der Waals surface area (Å²) in [7, 11) is -3.28. The fourth-order valence-electron chi connectivity index (χ4n) is 2.58. The highest BCUT2D eigenvalue weighted by Gasteiger charge is 2.26. The number of hydrogen-bond acceptors (Lipinski definition) is 6. The summed E-state index contributed by atoms with van der Waals surface area (Å²) in [6, 6.07) is 6.80. The van der Waals surface area contributed by atoms with Crippen LogP contribution in [0.4, 0.5) is 11.4 Å². The van der Waals surface area contributed by atoms with E-state index in [1.54, 1.807) is 31.2 Å². The molecule has 0 spiro atoms. The van der Waals surface area contributed by atoms with Gasteiger partial charge in [-0.25, -0.2) is 8.42 Å². The molecular weight excluding hydrogens is 332 g/mol. The van der Waals surface area contributed by atoms with Crippen molar-refractivity contribution in [3.63, 3.8) is 0 Å². The van der Waals surface area contributed by atoms with Gasteiger partial charge in [0.2, 0.25) is 21.8 Å². The third-order valence-electron chi connectivity index (χ3n) is 3.66. The van der Waals surface area contributed by atoms with Gasteiger partial charge in [-0.15, -0.1) is 0 Å². The third-order valence-corrected chi connectivity index (χ3v) is 5.53. The molecule has 0 unspecified atom stereocenters. The molecule has 3 rings (SSSR count). The molecular formula is C15H18N4O4S. The summed E-state index contributed by atoms with van der Waals surface area (Å²) >= 11 is 0. The van der Waals surface area contributed by atoms with E-state index >= 15 is 0 Å². The van der Waals surface area contributed by atoms with Crippen LogP contribution in [0.3, 0.4) is 0 Å². The first-order chi connectivity index (χ1) is 11.4. The molecule has 8 nitrogen and oxygen atoms in total.